The molecule has 0 N–H and O–H groups in total. The maximum Gasteiger partial charge on any atom is 0.151 e. The summed E-state index contributed by atoms with van der Waals surface area (Å²) in [6, 6.07) is 0. The molecule has 0 unspecified atom stereocenters. The smallest absolute Gasteiger partial charge is 0.151 e. The number of halogens is 1. The third-order valence-electron chi connectivity index (χ3n) is 1.76. The average molecular weight is 168 g/mol. The van der Waals surface area contributed by atoms with Gasteiger partial charge in [0, 0.05) is 5.56 Å². The van der Waals surface area contributed by atoms with Crippen LogP contribution in [0.4, 0.5) is 4.39 Å². The fourth-order valence-corrected chi connectivity index (χ4v) is 0.992. The van der Waals surface area contributed by atoms with E-state index in [9.17, 15) is 4.39 Å². The molecule has 3 heteroatoms. The lowest BCUT2D eigenvalue weighted by molar-refractivity contribution is 0.506. The fourth-order valence-electron chi connectivity index (χ4n) is 0.992. The Morgan fingerprint density at radius 1 is 1.33 bits per heavy atom. The number of hydrogen-bond donors (Lipinski definition) is 0. The van der Waals surface area contributed by atoms with E-state index in [1.807, 2.05) is 20.8 Å². The number of hydrogen-bond acceptors (Lipinski definition) is 2. The maximum absolute atomic E-state index is 13.4. The molecule has 0 aliphatic carbocycles. The Balaban J connectivity index is 3.26. The van der Waals surface area contributed by atoms with Gasteiger partial charge in [-0.1, -0.05) is 20.8 Å². The number of aryl methyl sites for hydroxylation is 1. The van der Waals surface area contributed by atoms with Crippen LogP contribution in [0, 0.1) is 12.7 Å². The molecule has 1 aromatic heterocycles. The van der Waals surface area contributed by atoms with Crippen molar-refractivity contribution >= 4 is 0 Å². The van der Waals surface area contributed by atoms with Crippen LogP contribution in [0.15, 0.2) is 6.20 Å². The van der Waals surface area contributed by atoms with Gasteiger partial charge in [-0.25, -0.2) is 4.39 Å². The highest BCUT2D eigenvalue weighted by Crippen LogP contribution is 2.24. The second kappa shape index (κ2) is 2.81. The molecule has 1 heterocycles. The summed E-state index contributed by atoms with van der Waals surface area (Å²) in [6.07, 6.45) is 1.49. The quantitative estimate of drug-likeness (QED) is 0.593. The van der Waals surface area contributed by atoms with E-state index >= 15 is 0 Å². The summed E-state index contributed by atoms with van der Waals surface area (Å²) in [4.78, 5) is 0. The standard InChI is InChI=1S/C9H13FN2/c1-6-8(10)7(5-11-12-6)9(2,3)4/h5H,1-4H3. The molecule has 0 radical (unpaired) electrons. The molecule has 0 atom stereocenters. The highest BCUT2D eigenvalue weighted by molar-refractivity contribution is 5.22. The summed E-state index contributed by atoms with van der Waals surface area (Å²) >= 11 is 0. The van der Waals surface area contributed by atoms with Crippen molar-refractivity contribution in [3.8, 4) is 0 Å². The van der Waals surface area contributed by atoms with Crippen molar-refractivity contribution in [1.82, 2.24) is 10.2 Å². The highest BCUT2D eigenvalue weighted by Gasteiger charge is 2.20. The van der Waals surface area contributed by atoms with E-state index < -0.39 is 0 Å². The monoisotopic (exact) mass is 168 g/mol. The Labute approximate surface area is 71.8 Å². The van der Waals surface area contributed by atoms with Crippen LogP contribution in [0.1, 0.15) is 32.0 Å². The van der Waals surface area contributed by atoms with E-state index in [1.54, 1.807) is 6.92 Å². The highest BCUT2D eigenvalue weighted by atomic mass is 19.1. The molecular weight excluding hydrogens is 155 g/mol. The fraction of sp³-hybridized carbons (Fsp3) is 0.556. The lowest BCUT2D eigenvalue weighted by Gasteiger charge is -2.18. The Hall–Kier alpha value is -0.990. The van der Waals surface area contributed by atoms with Crippen LogP contribution >= 0.6 is 0 Å². The minimum atomic E-state index is -0.238. The molecule has 2 nitrogen and oxygen atoms in total. The van der Waals surface area contributed by atoms with E-state index in [0.29, 0.717) is 11.3 Å². The minimum absolute atomic E-state index is 0.204. The Bertz CT molecular complexity index is 289. The van der Waals surface area contributed by atoms with E-state index in [-0.39, 0.29) is 11.2 Å². The second-order valence-corrected chi connectivity index (χ2v) is 3.91. The van der Waals surface area contributed by atoms with Crippen LogP contribution < -0.4 is 0 Å². The first kappa shape index (κ1) is 9.10. The van der Waals surface area contributed by atoms with E-state index in [0.717, 1.165) is 0 Å². The zero-order valence-electron chi connectivity index (χ0n) is 7.85. The summed E-state index contributed by atoms with van der Waals surface area (Å²) in [6.45, 7) is 7.48. The summed E-state index contributed by atoms with van der Waals surface area (Å²) in [5, 5.41) is 7.35. The number of nitrogens with zero attached hydrogens (tertiary/aromatic N) is 2. The predicted octanol–water partition coefficient (Wildman–Crippen LogP) is 2.22. The molecule has 1 aromatic rings. The van der Waals surface area contributed by atoms with Crippen LogP contribution in [-0.4, -0.2) is 10.2 Å². The molecule has 0 aliphatic heterocycles. The number of aromatic nitrogens is 2. The van der Waals surface area contributed by atoms with Crippen molar-refractivity contribution in [3.63, 3.8) is 0 Å². The first-order valence-electron chi connectivity index (χ1n) is 3.91. The Morgan fingerprint density at radius 3 is 2.33 bits per heavy atom. The van der Waals surface area contributed by atoms with Gasteiger partial charge in [-0.2, -0.15) is 10.2 Å². The van der Waals surface area contributed by atoms with Gasteiger partial charge in [-0.05, 0) is 12.3 Å². The maximum atomic E-state index is 13.4. The summed E-state index contributed by atoms with van der Waals surface area (Å²) in [5.41, 5.74) is 0.780. The Morgan fingerprint density at radius 2 is 1.92 bits per heavy atom. The molecule has 0 saturated heterocycles. The average Bonchev–Trinajstić information content (AvgIpc) is 1.92. The Kier molecular flexibility index (Phi) is 2.13. The molecule has 0 amide bonds. The van der Waals surface area contributed by atoms with Gasteiger partial charge >= 0.3 is 0 Å². The van der Waals surface area contributed by atoms with Crippen molar-refractivity contribution in [2.45, 2.75) is 33.1 Å². The summed E-state index contributed by atoms with van der Waals surface area (Å²) < 4.78 is 13.4. The van der Waals surface area contributed by atoms with Gasteiger partial charge in [-0.15, -0.1) is 0 Å². The molecular formula is C9H13FN2. The minimum Gasteiger partial charge on any atom is -0.205 e. The largest absolute Gasteiger partial charge is 0.205 e. The van der Waals surface area contributed by atoms with E-state index in [4.69, 9.17) is 0 Å². The van der Waals surface area contributed by atoms with Crippen molar-refractivity contribution in [1.29, 1.82) is 0 Å². The molecule has 0 aliphatic rings. The van der Waals surface area contributed by atoms with Crippen LogP contribution in [0.2, 0.25) is 0 Å². The molecule has 0 aromatic carbocycles. The third-order valence-corrected chi connectivity index (χ3v) is 1.76. The van der Waals surface area contributed by atoms with Gasteiger partial charge in [0.05, 0.1) is 11.9 Å². The molecule has 0 fully saturated rings. The predicted molar refractivity (Wildman–Crippen MR) is 45.4 cm³/mol. The molecule has 0 bridgehead atoms. The van der Waals surface area contributed by atoms with Gasteiger partial charge in [0.2, 0.25) is 0 Å². The van der Waals surface area contributed by atoms with Crippen molar-refractivity contribution in [2.24, 2.45) is 0 Å². The molecule has 66 valence electrons. The first-order chi connectivity index (χ1) is 5.43. The van der Waals surface area contributed by atoms with Gasteiger partial charge < -0.3 is 0 Å². The normalized spacial score (nSPS) is 11.8. The molecule has 0 spiro atoms. The van der Waals surface area contributed by atoms with Crippen molar-refractivity contribution in [3.05, 3.63) is 23.3 Å². The van der Waals surface area contributed by atoms with E-state index in [1.165, 1.54) is 6.20 Å². The van der Waals surface area contributed by atoms with Gasteiger partial charge in [-0.3, -0.25) is 0 Å². The lowest BCUT2D eigenvalue weighted by Crippen LogP contribution is -2.15. The van der Waals surface area contributed by atoms with Gasteiger partial charge in [0.15, 0.2) is 5.82 Å². The van der Waals surface area contributed by atoms with E-state index in [2.05, 4.69) is 10.2 Å². The third kappa shape index (κ3) is 1.60. The molecule has 1 rings (SSSR count). The summed E-state index contributed by atoms with van der Waals surface area (Å²) in [7, 11) is 0. The molecule has 0 saturated carbocycles. The van der Waals surface area contributed by atoms with Crippen molar-refractivity contribution in [2.75, 3.05) is 0 Å². The SMILES string of the molecule is Cc1nncc(C(C)(C)C)c1F. The zero-order chi connectivity index (χ0) is 9.35. The van der Waals surface area contributed by atoms with Crippen LogP contribution in [0.5, 0.6) is 0 Å². The van der Waals surface area contributed by atoms with Crippen LogP contribution in [0.3, 0.4) is 0 Å². The lowest BCUT2D eigenvalue weighted by atomic mass is 9.88. The summed E-state index contributed by atoms with van der Waals surface area (Å²) in [5.74, 6) is -0.238. The van der Waals surface area contributed by atoms with Gasteiger partial charge in [0.25, 0.3) is 0 Å². The molecule has 12 heavy (non-hydrogen) atoms. The topological polar surface area (TPSA) is 25.8 Å². The zero-order valence-corrected chi connectivity index (χ0v) is 7.85. The first-order valence-corrected chi connectivity index (χ1v) is 3.91. The van der Waals surface area contributed by atoms with Crippen LogP contribution in [0.25, 0.3) is 0 Å². The van der Waals surface area contributed by atoms with Crippen molar-refractivity contribution < 1.29 is 4.39 Å². The number of rotatable bonds is 0. The van der Waals surface area contributed by atoms with Crippen LogP contribution in [-0.2, 0) is 5.41 Å². The second-order valence-electron chi connectivity index (χ2n) is 3.91. The van der Waals surface area contributed by atoms with Gasteiger partial charge in [0.1, 0.15) is 0 Å².